The standard InChI is InChI=1S/C13H11FN2O2/c1-8-5-9(14)7-10(6-8)15-13(18)11-3-2-4-12(17)16-11/h2-7H,1H3,(H,15,18)(H,16,17). The monoisotopic (exact) mass is 246 g/mol. The van der Waals surface area contributed by atoms with Crippen molar-refractivity contribution >= 4 is 11.6 Å². The van der Waals surface area contributed by atoms with Crippen LogP contribution in [0.15, 0.2) is 41.2 Å². The second-order valence-corrected chi connectivity index (χ2v) is 3.90. The van der Waals surface area contributed by atoms with Crippen molar-refractivity contribution in [1.82, 2.24) is 4.98 Å². The van der Waals surface area contributed by atoms with Crippen LogP contribution >= 0.6 is 0 Å². The van der Waals surface area contributed by atoms with Crippen LogP contribution in [0.25, 0.3) is 0 Å². The average molecular weight is 246 g/mol. The lowest BCUT2D eigenvalue weighted by atomic mass is 10.2. The Morgan fingerprint density at radius 1 is 1.28 bits per heavy atom. The third-order valence-corrected chi connectivity index (χ3v) is 2.31. The molecular formula is C13H11FN2O2. The van der Waals surface area contributed by atoms with Gasteiger partial charge in [-0.05, 0) is 36.8 Å². The van der Waals surface area contributed by atoms with Crippen LogP contribution in [0.4, 0.5) is 10.1 Å². The highest BCUT2D eigenvalue weighted by Crippen LogP contribution is 2.13. The van der Waals surface area contributed by atoms with Gasteiger partial charge in [-0.25, -0.2) is 4.39 Å². The smallest absolute Gasteiger partial charge is 0.272 e. The van der Waals surface area contributed by atoms with Gasteiger partial charge in [-0.3, -0.25) is 9.59 Å². The van der Waals surface area contributed by atoms with Crippen molar-refractivity contribution in [3.05, 3.63) is 63.8 Å². The Hall–Kier alpha value is -2.43. The number of aryl methyl sites for hydroxylation is 1. The highest BCUT2D eigenvalue weighted by molar-refractivity contribution is 6.02. The molecule has 0 spiro atoms. The Morgan fingerprint density at radius 2 is 2.06 bits per heavy atom. The fourth-order valence-corrected chi connectivity index (χ4v) is 1.59. The SMILES string of the molecule is Cc1cc(F)cc(NC(=O)c2cccc(=O)[nH]2)c1. The van der Waals surface area contributed by atoms with E-state index in [0.717, 1.165) is 0 Å². The predicted octanol–water partition coefficient (Wildman–Crippen LogP) is 2.07. The van der Waals surface area contributed by atoms with Crippen molar-refractivity contribution in [2.24, 2.45) is 0 Å². The molecule has 2 rings (SSSR count). The Morgan fingerprint density at radius 3 is 2.72 bits per heavy atom. The summed E-state index contributed by atoms with van der Waals surface area (Å²) < 4.78 is 13.1. The molecule has 1 aromatic carbocycles. The zero-order valence-corrected chi connectivity index (χ0v) is 9.66. The number of anilines is 1. The quantitative estimate of drug-likeness (QED) is 0.852. The minimum absolute atomic E-state index is 0.129. The molecule has 0 unspecified atom stereocenters. The number of hydrogen-bond acceptors (Lipinski definition) is 2. The van der Waals surface area contributed by atoms with Crippen LogP contribution in [0, 0.1) is 12.7 Å². The normalized spacial score (nSPS) is 10.1. The summed E-state index contributed by atoms with van der Waals surface area (Å²) >= 11 is 0. The average Bonchev–Trinajstić information content (AvgIpc) is 2.27. The maximum Gasteiger partial charge on any atom is 0.272 e. The van der Waals surface area contributed by atoms with Crippen molar-refractivity contribution < 1.29 is 9.18 Å². The maximum absolute atomic E-state index is 13.1. The molecule has 0 aliphatic carbocycles. The van der Waals surface area contributed by atoms with E-state index < -0.39 is 11.7 Å². The number of aromatic amines is 1. The van der Waals surface area contributed by atoms with E-state index in [9.17, 15) is 14.0 Å². The number of benzene rings is 1. The lowest BCUT2D eigenvalue weighted by Gasteiger charge is -2.06. The van der Waals surface area contributed by atoms with E-state index >= 15 is 0 Å². The summed E-state index contributed by atoms with van der Waals surface area (Å²) in [6, 6.07) is 8.48. The van der Waals surface area contributed by atoms with Crippen LogP contribution in [0.3, 0.4) is 0 Å². The first-order valence-corrected chi connectivity index (χ1v) is 5.32. The number of aromatic nitrogens is 1. The van der Waals surface area contributed by atoms with Crippen LogP contribution in [-0.4, -0.2) is 10.9 Å². The first-order valence-electron chi connectivity index (χ1n) is 5.32. The molecule has 5 heteroatoms. The van der Waals surface area contributed by atoms with Crippen molar-refractivity contribution in [2.75, 3.05) is 5.32 Å². The van der Waals surface area contributed by atoms with Crippen molar-refractivity contribution in [2.45, 2.75) is 6.92 Å². The van der Waals surface area contributed by atoms with Gasteiger partial charge < -0.3 is 10.3 Å². The topological polar surface area (TPSA) is 62.0 Å². The van der Waals surface area contributed by atoms with Gasteiger partial charge in [0.1, 0.15) is 11.5 Å². The summed E-state index contributed by atoms with van der Waals surface area (Å²) in [4.78, 5) is 25.2. The molecule has 4 nitrogen and oxygen atoms in total. The summed E-state index contributed by atoms with van der Waals surface area (Å²) in [5.41, 5.74) is 0.816. The fraction of sp³-hybridized carbons (Fsp3) is 0.0769. The van der Waals surface area contributed by atoms with Crippen molar-refractivity contribution in [3.63, 3.8) is 0 Å². The molecule has 0 saturated carbocycles. The van der Waals surface area contributed by atoms with Crippen LogP contribution in [0.2, 0.25) is 0 Å². The van der Waals surface area contributed by atoms with Crippen molar-refractivity contribution in [1.29, 1.82) is 0 Å². The van der Waals surface area contributed by atoms with Crippen LogP contribution in [0.1, 0.15) is 16.1 Å². The van der Waals surface area contributed by atoms with E-state index in [1.807, 2.05) is 0 Å². The molecule has 1 amide bonds. The number of carbonyl (C=O) groups excluding carboxylic acids is 1. The summed E-state index contributed by atoms with van der Waals surface area (Å²) in [5.74, 6) is -0.912. The fourth-order valence-electron chi connectivity index (χ4n) is 1.59. The van der Waals surface area contributed by atoms with Crippen molar-refractivity contribution in [3.8, 4) is 0 Å². The Balaban J connectivity index is 2.24. The lowest BCUT2D eigenvalue weighted by Crippen LogP contribution is -2.18. The van der Waals surface area contributed by atoms with Crippen LogP contribution in [-0.2, 0) is 0 Å². The first-order chi connectivity index (χ1) is 8.54. The molecule has 0 saturated heterocycles. The van der Waals surface area contributed by atoms with E-state index in [-0.39, 0.29) is 11.3 Å². The van der Waals surface area contributed by atoms with Crippen LogP contribution in [0.5, 0.6) is 0 Å². The molecule has 0 fully saturated rings. The molecule has 0 radical (unpaired) electrons. The molecule has 2 aromatic rings. The molecule has 2 N–H and O–H groups in total. The highest BCUT2D eigenvalue weighted by Gasteiger charge is 2.07. The molecular weight excluding hydrogens is 235 g/mol. The molecule has 1 heterocycles. The molecule has 1 aromatic heterocycles. The molecule has 18 heavy (non-hydrogen) atoms. The second kappa shape index (κ2) is 4.83. The van der Waals surface area contributed by atoms with Gasteiger partial charge in [-0.1, -0.05) is 6.07 Å². The summed E-state index contributed by atoms with van der Waals surface area (Å²) in [7, 11) is 0. The summed E-state index contributed by atoms with van der Waals surface area (Å²) in [6.45, 7) is 1.73. The number of pyridine rings is 1. The minimum atomic E-state index is -0.488. The number of hydrogen-bond donors (Lipinski definition) is 2. The molecule has 0 aliphatic heterocycles. The van der Waals surface area contributed by atoms with Gasteiger partial charge >= 0.3 is 0 Å². The molecule has 0 aliphatic rings. The van der Waals surface area contributed by atoms with Gasteiger partial charge in [-0.2, -0.15) is 0 Å². The number of H-pyrrole nitrogens is 1. The Bertz CT molecular complexity index is 629. The summed E-state index contributed by atoms with van der Waals surface area (Å²) in [5, 5.41) is 2.52. The molecule has 92 valence electrons. The number of nitrogens with one attached hydrogen (secondary N) is 2. The lowest BCUT2D eigenvalue weighted by molar-refractivity contribution is 0.102. The molecule has 0 atom stereocenters. The van der Waals surface area contributed by atoms with Gasteiger partial charge in [0, 0.05) is 11.8 Å². The number of rotatable bonds is 2. The van der Waals surface area contributed by atoms with E-state index in [2.05, 4.69) is 10.3 Å². The first kappa shape index (κ1) is 12.0. The number of halogens is 1. The van der Waals surface area contributed by atoms with Gasteiger partial charge in [0.15, 0.2) is 0 Å². The Labute approximate surface area is 102 Å². The van der Waals surface area contributed by atoms with Gasteiger partial charge in [0.25, 0.3) is 5.91 Å². The zero-order chi connectivity index (χ0) is 13.1. The van der Waals surface area contributed by atoms with Gasteiger partial charge in [0.05, 0.1) is 0 Å². The number of amides is 1. The highest BCUT2D eigenvalue weighted by atomic mass is 19.1. The Kier molecular flexibility index (Phi) is 3.23. The maximum atomic E-state index is 13.1. The molecule has 0 bridgehead atoms. The zero-order valence-electron chi connectivity index (χ0n) is 9.66. The van der Waals surface area contributed by atoms with E-state index in [1.165, 1.54) is 30.3 Å². The van der Waals surface area contributed by atoms with E-state index in [1.54, 1.807) is 13.0 Å². The predicted molar refractivity (Wildman–Crippen MR) is 66.2 cm³/mol. The van der Waals surface area contributed by atoms with E-state index in [0.29, 0.717) is 11.3 Å². The second-order valence-electron chi connectivity index (χ2n) is 3.90. The van der Waals surface area contributed by atoms with Crippen LogP contribution < -0.4 is 10.9 Å². The third-order valence-electron chi connectivity index (χ3n) is 2.31. The third kappa shape index (κ3) is 2.82. The van der Waals surface area contributed by atoms with Gasteiger partial charge in [0.2, 0.25) is 5.56 Å². The number of carbonyl (C=O) groups is 1. The minimum Gasteiger partial charge on any atom is -0.321 e. The largest absolute Gasteiger partial charge is 0.321 e. The summed E-state index contributed by atoms with van der Waals surface area (Å²) in [6.07, 6.45) is 0. The van der Waals surface area contributed by atoms with E-state index in [4.69, 9.17) is 0 Å². The van der Waals surface area contributed by atoms with Gasteiger partial charge in [-0.15, -0.1) is 0 Å².